The Labute approximate surface area is 128 Å². The molecule has 0 radical (unpaired) electrons. The maximum Gasteiger partial charge on any atom is 0.231 e. The number of thioether (sulfide) groups is 1. The lowest BCUT2D eigenvalue weighted by atomic mass is 10.2. The third kappa shape index (κ3) is 5.83. The number of benzene rings is 2. The van der Waals surface area contributed by atoms with E-state index in [9.17, 15) is 9.59 Å². The van der Waals surface area contributed by atoms with Crippen LogP contribution in [0.15, 0.2) is 60.7 Å². The molecule has 1 N–H and O–H groups in total. The van der Waals surface area contributed by atoms with Gasteiger partial charge in [-0.1, -0.05) is 48.5 Å². The van der Waals surface area contributed by atoms with E-state index < -0.39 is 0 Å². The molecule has 0 aliphatic rings. The molecule has 0 unspecified atom stereocenters. The van der Waals surface area contributed by atoms with Gasteiger partial charge in [0.05, 0.1) is 12.2 Å². The van der Waals surface area contributed by atoms with Crippen molar-refractivity contribution in [1.29, 1.82) is 0 Å². The van der Waals surface area contributed by atoms with E-state index in [-0.39, 0.29) is 18.1 Å². The van der Waals surface area contributed by atoms with Gasteiger partial charge < -0.3 is 5.32 Å². The molecule has 0 atom stereocenters. The van der Waals surface area contributed by atoms with Gasteiger partial charge in [-0.3, -0.25) is 9.59 Å². The summed E-state index contributed by atoms with van der Waals surface area (Å²) in [4.78, 5) is 23.5. The van der Waals surface area contributed by atoms with Crippen LogP contribution >= 0.6 is 11.8 Å². The zero-order valence-corrected chi connectivity index (χ0v) is 12.4. The van der Waals surface area contributed by atoms with Crippen LogP contribution in [-0.2, 0) is 15.3 Å². The Hall–Kier alpha value is -2.07. The van der Waals surface area contributed by atoms with Crippen LogP contribution in [0.4, 0.5) is 5.69 Å². The average molecular weight is 299 g/mol. The number of para-hydroxylation sites is 1. The van der Waals surface area contributed by atoms with Crippen LogP contribution in [0, 0.1) is 0 Å². The molecule has 2 rings (SSSR count). The minimum Gasteiger partial charge on any atom is -0.326 e. The van der Waals surface area contributed by atoms with Crippen molar-refractivity contribution >= 4 is 29.1 Å². The normalized spacial score (nSPS) is 10.1. The van der Waals surface area contributed by atoms with E-state index in [2.05, 4.69) is 5.32 Å². The highest BCUT2D eigenvalue weighted by Crippen LogP contribution is 2.12. The summed E-state index contributed by atoms with van der Waals surface area (Å²) < 4.78 is 0. The third-order valence-electron chi connectivity index (χ3n) is 2.79. The fourth-order valence-corrected chi connectivity index (χ4v) is 2.67. The standard InChI is InChI=1S/C17H17NO2S/c19-16(13-21-12-14-7-3-1-4-8-14)11-17(20)18-15-9-5-2-6-10-15/h1-10H,11-13H2,(H,18,20). The molecule has 0 saturated heterocycles. The molecule has 0 aliphatic carbocycles. The fourth-order valence-electron chi connectivity index (χ4n) is 1.81. The van der Waals surface area contributed by atoms with Crippen LogP contribution in [0.2, 0.25) is 0 Å². The summed E-state index contributed by atoms with van der Waals surface area (Å²) in [6, 6.07) is 19.1. The fraction of sp³-hybridized carbons (Fsp3) is 0.176. The van der Waals surface area contributed by atoms with Gasteiger partial charge in [0.15, 0.2) is 5.78 Å². The van der Waals surface area contributed by atoms with Gasteiger partial charge in [-0.2, -0.15) is 0 Å². The highest BCUT2D eigenvalue weighted by molar-refractivity contribution is 7.99. The molecule has 0 bridgehead atoms. The Morgan fingerprint density at radius 3 is 2.19 bits per heavy atom. The first-order valence-electron chi connectivity index (χ1n) is 6.72. The van der Waals surface area contributed by atoms with E-state index in [0.717, 1.165) is 5.75 Å². The molecular weight excluding hydrogens is 282 g/mol. The van der Waals surface area contributed by atoms with Crippen LogP contribution in [0.3, 0.4) is 0 Å². The van der Waals surface area contributed by atoms with Crippen molar-refractivity contribution in [3.8, 4) is 0 Å². The largest absolute Gasteiger partial charge is 0.326 e. The number of Topliss-reactive ketones (excluding diaryl/α,β-unsaturated/α-hetero) is 1. The molecule has 2 aromatic carbocycles. The molecule has 3 nitrogen and oxygen atoms in total. The molecular formula is C17H17NO2S. The second kappa shape index (κ2) is 8.27. The maximum absolute atomic E-state index is 11.8. The second-order valence-corrected chi connectivity index (χ2v) is 5.59. The topological polar surface area (TPSA) is 46.2 Å². The van der Waals surface area contributed by atoms with Crippen LogP contribution in [0.25, 0.3) is 0 Å². The number of amides is 1. The van der Waals surface area contributed by atoms with E-state index in [1.807, 2.05) is 48.5 Å². The zero-order valence-electron chi connectivity index (χ0n) is 11.6. The second-order valence-electron chi connectivity index (χ2n) is 4.61. The Bertz CT molecular complexity index is 584. The smallest absolute Gasteiger partial charge is 0.231 e. The van der Waals surface area contributed by atoms with E-state index >= 15 is 0 Å². The van der Waals surface area contributed by atoms with Crippen molar-refractivity contribution in [2.45, 2.75) is 12.2 Å². The van der Waals surface area contributed by atoms with Crippen LogP contribution in [-0.4, -0.2) is 17.4 Å². The predicted molar refractivity (Wildman–Crippen MR) is 87.3 cm³/mol. The first kappa shape index (κ1) is 15.3. The summed E-state index contributed by atoms with van der Waals surface area (Å²) in [5.41, 5.74) is 1.90. The highest BCUT2D eigenvalue weighted by Gasteiger charge is 2.09. The van der Waals surface area contributed by atoms with Crippen molar-refractivity contribution < 1.29 is 9.59 Å². The summed E-state index contributed by atoms with van der Waals surface area (Å²) >= 11 is 1.53. The summed E-state index contributed by atoms with van der Waals surface area (Å²) in [7, 11) is 0. The number of nitrogens with one attached hydrogen (secondary N) is 1. The molecule has 0 fully saturated rings. The number of rotatable bonds is 7. The summed E-state index contributed by atoms with van der Waals surface area (Å²) in [6.45, 7) is 0. The lowest BCUT2D eigenvalue weighted by Crippen LogP contribution is -2.17. The van der Waals surface area contributed by atoms with Gasteiger partial charge in [-0.05, 0) is 17.7 Å². The minimum absolute atomic E-state index is 0.0515. The number of hydrogen-bond donors (Lipinski definition) is 1. The third-order valence-corrected chi connectivity index (χ3v) is 3.85. The lowest BCUT2D eigenvalue weighted by Gasteiger charge is -2.04. The van der Waals surface area contributed by atoms with Gasteiger partial charge in [0.2, 0.25) is 5.91 Å². The zero-order chi connectivity index (χ0) is 14.9. The summed E-state index contributed by atoms with van der Waals surface area (Å²) in [5.74, 6) is 0.833. The molecule has 0 heterocycles. The van der Waals surface area contributed by atoms with Crippen molar-refractivity contribution in [1.82, 2.24) is 0 Å². The van der Waals surface area contributed by atoms with Gasteiger partial charge in [-0.25, -0.2) is 0 Å². The van der Waals surface area contributed by atoms with Crippen molar-refractivity contribution in [3.05, 3.63) is 66.2 Å². The van der Waals surface area contributed by atoms with E-state index in [1.54, 1.807) is 12.1 Å². The van der Waals surface area contributed by atoms with Crippen molar-refractivity contribution in [3.63, 3.8) is 0 Å². The van der Waals surface area contributed by atoms with Crippen LogP contribution in [0.5, 0.6) is 0 Å². The maximum atomic E-state index is 11.8. The van der Waals surface area contributed by atoms with Gasteiger partial charge in [0.25, 0.3) is 0 Å². The Morgan fingerprint density at radius 2 is 1.52 bits per heavy atom. The number of carbonyl (C=O) groups is 2. The number of anilines is 1. The molecule has 0 saturated carbocycles. The first-order chi connectivity index (χ1) is 10.2. The average Bonchev–Trinajstić information content (AvgIpc) is 2.49. The molecule has 1 amide bonds. The van der Waals surface area contributed by atoms with E-state index in [4.69, 9.17) is 0 Å². The van der Waals surface area contributed by atoms with Crippen LogP contribution < -0.4 is 5.32 Å². The monoisotopic (exact) mass is 299 g/mol. The van der Waals surface area contributed by atoms with Gasteiger partial charge in [-0.15, -0.1) is 11.8 Å². The number of hydrogen-bond acceptors (Lipinski definition) is 3. The SMILES string of the molecule is O=C(CSCc1ccccc1)CC(=O)Nc1ccccc1. The molecule has 0 spiro atoms. The number of carbonyl (C=O) groups excluding carboxylic acids is 2. The highest BCUT2D eigenvalue weighted by atomic mass is 32.2. The number of ketones is 1. The van der Waals surface area contributed by atoms with Crippen LogP contribution in [0.1, 0.15) is 12.0 Å². The first-order valence-corrected chi connectivity index (χ1v) is 7.88. The van der Waals surface area contributed by atoms with Gasteiger partial charge >= 0.3 is 0 Å². The van der Waals surface area contributed by atoms with Gasteiger partial charge in [0, 0.05) is 11.4 Å². The Balaban J connectivity index is 1.68. The Kier molecular flexibility index (Phi) is 6.03. The van der Waals surface area contributed by atoms with E-state index in [0.29, 0.717) is 11.4 Å². The molecule has 0 aromatic heterocycles. The molecule has 21 heavy (non-hydrogen) atoms. The molecule has 0 aliphatic heterocycles. The van der Waals surface area contributed by atoms with Crippen molar-refractivity contribution in [2.24, 2.45) is 0 Å². The molecule has 4 heteroatoms. The lowest BCUT2D eigenvalue weighted by molar-refractivity contribution is -0.123. The van der Waals surface area contributed by atoms with Gasteiger partial charge in [0.1, 0.15) is 0 Å². The minimum atomic E-state index is -0.258. The Morgan fingerprint density at radius 1 is 0.905 bits per heavy atom. The summed E-state index contributed by atoms with van der Waals surface area (Å²) in [5, 5.41) is 2.71. The molecule has 108 valence electrons. The summed E-state index contributed by atoms with van der Waals surface area (Å²) in [6.07, 6.45) is -0.0727. The quantitative estimate of drug-likeness (QED) is 0.796. The predicted octanol–water partition coefficient (Wildman–Crippen LogP) is 3.52. The van der Waals surface area contributed by atoms with Crippen molar-refractivity contribution in [2.75, 3.05) is 11.1 Å². The molecule has 2 aromatic rings. The van der Waals surface area contributed by atoms with E-state index in [1.165, 1.54) is 17.3 Å².